The normalized spacial score (nSPS) is 22.1. The molecule has 0 bridgehead atoms. The highest BCUT2D eigenvalue weighted by Crippen LogP contribution is 2.32. The van der Waals surface area contributed by atoms with E-state index in [4.69, 9.17) is 4.74 Å². The van der Waals surface area contributed by atoms with Gasteiger partial charge in [0.1, 0.15) is 0 Å². The van der Waals surface area contributed by atoms with Crippen molar-refractivity contribution in [3.63, 3.8) is 0 Å². The van der Waals surface area contributed by atoms with Crippen molar-refractivity contribution in [2.75, 3.05) is 19.8 Å². The molecule has 0 aromatic heterocycles. The second-order valence-electron chi connectivity index (χ2n) is 5.60. The number of ether oxygens (including phenoxy) is 1. The van der Waals surface area contributed by atoms with Crippen molar-refractivity contribution in [1.29, 1.82) is 0 Å². The van der Waals surface area contributed by atoms with E-state index in [1.807, 2.05) is 13.0 Å². The summed E-state index contributed by atoms with van der Waals surface area (Å²) in [4.78, 5) is 26.5. The molecule has 1 aromatic carbocycles. The zero-order valence-electron chi connectivity index (χ0n) is 12.4. The summed E-state index contributed by atoms with van der Waals surface area (Å²) in [7, 11) is 0. The Hall–Kier alpha value is -1.94. The van der Waals surface area contributed by atoms with Gasteiger partial charge in [0, 0.05) is 12.1 Å². The van der Waals surface area contributed by atoms with Crippen LogP contribution in [0.2, 0.25) is 0 Å². The fraction of sp³-hybridized carbons (Fsp3) is 0.412. The van der Waals surface area contributed by atoms with Gasteiger partial charge < -0.3 is 4.74 Å². The molecule has 1 aliphatic rings. The van der Waals surface area contributed by atoms with Gasteiger partial charge in [-0.3, -0.25) is 14.5 Å². The van der Waals surface area contributed by atoms with Crippen molar-refractivity contribution in [2.24, 2.45) is 5.41 Å². The first kappa shape index (κ1) is 15.4. The van der Waals surface area contributed by atoms with Crippen molar-refractivity contribution >= 4 is 11.8 Å². The Labute approximate surface area is 125 Å². The summed E-state index contributed by atoms with van der Waals surface area (Å²) in [5.41, 5.74) is -0.0896. The number of amides is 2. The maximum absolute atomic E-state index is 12.7. The number of carbonyl (C=O) groups excluding carboxylic acids is 2. The second kappa shape index (κ2) is 6.68. The maximum Gasteiger partial charge on any atom is 0.260 e. The van der Waals surface area contributed by atoms with Crippen LogP contribution in [-0.4, -0.2) is 36.5 Å². The average Bonchev–Trinajstić information content (AvgIpc) is 2.51. The predicted octanol–water partition coefficient (Wildman–Crippen LogP) is 2.66. The highest BCUT2D eigenvalue weighted by atomic mass is 16.5. The van der Waals surface area contributed by atoms with Gasteiger partial charge in [-0.1, -0.05) is 24.3 Å². The molecule has 4 nitrogen and oxygen atoms in total. The molecule has 0 spiro atoms. The first-order valence-corrected chi connectivity index (χ1v) is 7.18. The van der Waals surface area contributed by atoms with Gasteiger partial charge in [-0.2, -0.15) is 0 Å². The zero-order chi connectivity index (χ0) is 15.3. The highest BCUT2D eigenvalue weighted by molar-refractivity contribution is 6.06. The van der Waals surface area contributed by atoms with Gasteiger partial charge in [0.05, 0.1) is 18.6 Å². The van der Waals surface area contributed by atoms with Crippen molar-refractivity contribution in [2.45, 2.75) is 19.8 Å². The second-order valence-corrected chi connectivity index (χ2v) is 5.60. The van der Waals surface area contributed by atoms with E-state index < -0.39 is 5.41 Å². The molecule has 1 fully saturated rings. The van der Waals surface area contributed by atoms with Crippen LogP contribution in [0.15, 0.2) is 43.0 Å². The molecule has 1 heterocycles. The molecule has 0 radical (unpaired) electrons. The fourth-order valence-electron chi connectivity index (χ4n) is 2.59. The van der Waals surface area contributed by atoms with Crippen LogP contribution in [0, 0.1) is 5.41 Å². The average molecular weight is 287 g/mol. The van der Waals surface area contributed by atoms with E-state index in [1.165, 1.54) is 4.90 Å². The van der Waals surface area contributed by atoms with Crippen LogP contribution in [0.1, 0.15) is 30.1 Å². The predicted molar refractivity (Wildman–Crippen MR) is 80.8 cm³/mol. The lowest BCUT2D eigenvalue weighted by Gasteiger charge is -2.38. The van der Waals surface area contributed by atoms with Crippen molar-refractivity contribution in [3.05, 3.63) is 48.6 Å². The molecule has 0 saturated carbocycles. The molecule has 1 saturated heterocycles. The Morgan fingerprint density at radius 2 is 2.14 bits per heavy atom. The van der Waals surface area contributed by atoms with E-state index in [-0.39, 0.29) is 11.8 Å². The van der Waals surface area contributed by atoms with E-state index in [0.717, 1.165) is 12.8 Å². The van der Waals surface area contributed by atoms with Gasteiger partial charge in [0.2, 0.25) is 5.91 Å². The lowest BCUT2D eigenvalue weighted by atomic mass is 9.81. The standard InChI is InChI=1S/C17H21NO3/c1-3-12-21-13-17(2)10-7-11-18(16(17)20)15(19)14-8-5-4-6-9-14/h3-6,8-9H,1,7,10-13H2,2H3/t17-/m0/s1. The summed E-state index contributed by atoms with van der Waals surface area (Å²) in [5.74, 6) is -0.373. The van der Waals surface area contributed by atoms with Crippen LogP contribution >= 0.6 is 0 Å². The molecule has 1 aliphatic heterocycles. The number of carbonyl (C=O) groups is 2. The van der Waals surface area contributed by atoms with Gasteiger partial charge in [-0.05, 0) is 31.9 Å². The first-order chi connectivity index (χ1) is 10.1. The number of hydrogen-bond acceptors (Lipinski definition) is 3. The number of imide groups is 1. The van der Waals surface area contributed by atoms with E-state index >= 15 is 0 Å². The lowest BCUT2D eigenvalue weighted by molar-refractivity contribution is -0.145. The van der Waals surface area contributed by atoms with Gasteiger partial charge >= 0.3 is 0 Å². The van der Waals surface area contributed by atoms with E-state index in [9.17, 15) is 9.59 Å². The molecule has 1 aromatic rings. The smallest absolute Gasteiger partial charge is 0.260 e. The minimum Gasteiger partial charge on any atom is -0.376 e. The summed E-state index contributed by atoms with van der Waals surface area (Å²) in [6, 6.07) is 8.91. The Kier molecular flexibility index (Phi) is 4.91. The number of hydrogen-bond donors (Lipinski definition) is 0. The summed E-state index contributed by atoms with van der Waals surface area (Å²) in [6.45, 7) is 6.66. The fourth-order valence-corrected chi connectivity index (χ4v) is 2.59. The molecular weight excluding hydrogens is 266 g/mol. The molecule has 21 heavy (non-hydrogen) atoms. The van der Waals surface area contributed by atoms with Crippen LogP contribution in [-0.2, 0) is 9.53 Å². The molecule has 0 unspecified atom stereocenters. The van der Waals surface area contributed by atoms with E-state index in [2.05, 4.69) is 6.58 Å². The van der Waals surface area contributed by atoms with Crippen molar-refractivity contribution in [1.82, 2.24) is 4.90 Å². The monoisotopic (exact) mass is 287 g/mol. The summed E-state index contributed by atoms with van der Waals surface area (Å²) < 4.78 is 5.45. The van der Waals surface area contributed by atoms with Gasteiger partial charge in [0.15, 0.2) is 0 Å². The van der Waals surface area contributed by atoms with Crippen LogP contribution in [0.5, 0.6) is 0 Å². The Balaban J connectivity index is 2.12. The summed E-state index contributed by atoms with van der Waals surface area (Å²) in [6.07, 6.45) is 3.20. The molecule has 112 valence electrons. The van der Waals surface area contributed by atoms with Crippen molar-refractivity contribution < 1.29 is 14.3 Å². The largest absolute Gasteiger partial charge is 0.376 e. The van der Waals surface area contributed by atoms with Crippen LogP contribution in [0.25, 0.3) is 0 Å². The minimum atomic E-state index is -0.633. The number of likely N-dealkylation sites (tertiary alicyclic amines) is 1. The van der Waals surface area contributed by atoms with Gasteiger partial charge in [0.25, 0.3) is 5.91 Å². The first-order valence-electron chi connectivity index (χ1n) is 7.18. The van der Waals surface area contributed by atoms with E-state index in [1.54, 1.807) is 30.3 Å². The molecule has 1 atom stereocenters. The molecule has 2 amide bonds. The molecule has 2 rings (SSSR count). The van der Waals surface area contributed by atoms with Gasteiger partial charge in [-0.15, -0.1) is 6.58 Å². The number of rotatable bonds is 5. The Morgan fingerprint density at radius 3 is 2.81 bits per heavy atom. The summed E-state index contributed by atoms with van der Waals surface area (Å²) >= 11 is 0. The zero-order valence-corrected chi connectivity index (χ0v) is 12.4. The topological polar surface area (TPSA) is 46.6 Å². The third-order valence-corrected chi connectivity index (χ3v) is 3.79. The SMILES string of the molecule is C=CCOC[C@]1(C)CCCN(C(=O)c2ccccc2)C1=O. The lowest BCUT2D eigenvalue weighted by Crippen LogP contribution is -2.51. The third-order valence-electron chi connectivity index (χ3n) is 3.79. The molecule has 0 aliphatic carbocycles. The Morgan fingerprint density at radius 1 is 1.43 bits per heavy atom. The number of nitrogens with zero attached hydrogens (tertiary/aromatic N) is 1. The summed E-state index contributed by atoms with van der Waals surface area (Å²) in [5, 5.41) is 0. The number of piperidine rings is 1. The third kappa shape index (κ3) is 3.39. The maximum atomic E-state index is 12.7. The van der Waals surface area contributed by atoms with Crippen LogP contribution in [0.3, 0.4) is 0 Å². The number of benzene rings is 1. The molecule has 0 N–H and O–H groups in total. The highest BCUT2D eigenvalue weighted by Gasteiger charge is 2.42. The Bertz CT molecular complexity index is 526. The van der Waals surface area contributed by atoms with Crippen LogP contribution < -0.4 is 0 Å². The minimum absolute atomic E-state index is 0.147. The van der Waals surface area contributed by atoms with Crippen molar-refractivity contribution in [3.8, 4) is 0 Å². The van der Waals surface area contributed by atoms with Crippen LogP contribution in [0.4, 0.5) is 0 Å². The molecular formula is C17H21NO3. The molecule has 4 heteroatoms. The van der Waals surface area contributed by atoms with Gasteiger partial charge in [-0.25, -0.2) is 0 Å². The quantitative estimate of drug-likeness (QED) is 0.475. The van der Waals surface area contributed by atoms with E-state index in [0.29, 0.717) is 25.3 Å².